The Bertz CT molecular complexity index is 683. The zero-order valence-corrected chi connectivity index (χ0v) is 11.6. The molecule has 2 aromatic carbocycles. The first-order valence-corrected chi connectivity index (χ1v) is 7.19. The molecular formula is C18H20N2. The number of rotatable bonds is 5. The molecule has 3 aromatic rings. The van der Waals surface area contributed by atoms with Crippen molar-refractivity contribution in [2.45, 2.75) is 19.4 Å². The van der Waals surface area contributed by atoms with Crippen LogP contribution in [-0.2, 0) is 13.0 Å². The maximum Gasteiger partial charge on any atom is 0.0485 e. The summed E-state index contributed by atoms with van der Waals surface area (Å²) >= 11 is 0. The number of fused-ring (bicyclic) bond motifs is 1. The molecule has 20 heavy (non-hydrogen) atoms. The molecule has 1 aromatic heterocycles. The average molecular weight is 264 g/mol. The van der Waals surface area contributed by atoms with Gasteiger partial charge in [0.05, 0.1) is 0 Å². The summed E-state index contributed by atoms with van der Waals surface area (Å²) in [6, 6.07) is 21.5. The summed E-state index contributed by atoms with van der Waals surface area (Å²) in [5.74, 6) is 0. The van der Waals surface area contributed by atoms with E-state index in [-0.39, 0.29) is 0 Å². The van der Waals surface area contributed by atoms with Gasteiger partial charge in [0.1, 0.15) is 0 Å². The minimum absolute atomic E-state index is 0.743. The van der Waals surface area contributed by atoms with Gasteiger partial charge in [0.2, 0.25) is 0 Å². The number of hydrogen-bond acceptors (Lipinski definition) is 1. The van der Waals surface area contributed by atoms with E-state index in [0.717, 1.165) is 25.9 Å². The number of benzene rings is 2. The summed E-state index contributed by atoms with van der Waals surface area (Å²) in [5, 5.41) is 1.32. The van der Waals surface area contributed by atoms with Gasteiger partial charge in [0, 0.05) is 17.8 Å². The van der Waals surface area contributed by atoms with Gasteiger partial charge < -0.3 is 10.3 Å². The van der Waals surface area contributed by atoms with Crippen molar-refractivity contribution in [1.29, 1.82) is 0 Å². The molecular weight excluding hydrogens is 244 g/mol. The fraction of sp³-hybridized carbons (Fsp3) is 0.222. The van der Waals surface area contributed by atoms with Crippen molar-refractivity contribution >= 4 is 10.9 Å². The van der Waals surface area contributed by atoms with Gasteiger partial charge in [-0.1, -0.05) is 48.5 Å². The van der Waals surface area contributed by atoms with Crippen LogP contribution in [0.4, 0.5) is 0 Å². The molecule has 0 bridgehead atoms. The lowest BCUT2D eigenvalue weighted by Crippen LogP contribution is -2.07. The molecule has 0 radical (unpaired) electrons. The molecule has 2 heteroatoms. The molecule has 1 heterocycles. The van der Waals surface area contributed by atoms with Gasteiger partial charge in [-0.25, -0.2) is 0 Å². The van der Waals surface area contributed by atoms with Crippen LogP contribution < -0.4 is 5.73 Å². The van der Waals surface area contributed by atoms with E-state index in [0.29, 0.717) is 0 Å². The normalized spacial score (nSPS) is 11.1. The minimum atomic E-state index is 0.743. The topological polar surface area (TPSA) is 30.9 Å². The van der Waals surface area contributed by atoms with Crippen molar-refractivity contribution in [1.82, 2.24) is 4.57 Å². The van der Waals surface area contributed by atoms with E-state index in [1.807, 2.05) is 0 Å². The summed E-state index contributed by atoms with van der Waals surface area (Å²) in [5.41, 5.74) is 9.68. The Labute approximate surface area is 119 Å². The van der Waals surface area contributed by atoms with Crippen molar-refractivity contribution in [3.8, 4) is 0 Å². The highest BCUT2D eigenvalue weighted by atomic mass is 15.0. The van der Waals surface area contributed by atoms with Gasteiger partial charge >= 0.3 is 0 Å². The molecule has 0 aliphatic rings. The summed E-state index contributed by atoms with van der Waals surface area (Å²) < 4.78 is 2.42. The number of aryl methyl sites for hydroxylation is 1. The Hall–Kier alpha value is -2.06. The molecule has 2 nitrogen and oxygen atoms in total. The Morgan fingerprint density at radius 1 is 0.900 bits per heavy atom. The van der Waals surface area contributed by atoms with Crippen molar-refractivity contribution in [3.63, 3.8) is 0 Å². The first kappa shape index (κ1) is 12.9. The molecule has 0 unspecified atom stereocenters. The van der Waals surface area contributed by atoms with Crippen LogP contribution in [0.25, 0.3) is 10.9 Å². The van der Waals surface area contributed by atoms with E-state index in [1.165, 1.54) is 22.2 Å². The minimum Gasteiger partial charge on any atom is -0.340 e. The maximum absolute atomic E-state index is 5.66. The smallest absolute Gasteiger partial charge is 0.0485 e. The summed E-state index contributed by atoms with van der Waals surface area (Å²) in [4.78, 5) is 0. The fourth-order valence-electron chi connectivity index (χ4n) is 2.71. The molecule has 0 saturated carbocycles. The van der Waals surface area contributed by atoms with Gasteiger partial charge in [-0.2, -0.15) is 0 Å². The predicted octanol–water partition coefficient (Wildman–Crippen LogP) is 3.58. The molecule has 0 atom stereocenters. The molecule has 3 rings (SSSR count). The number of nitrogens with zero attached hydrogens (tertiary/aromatic N) is 1. The van der Waals surface area contributed by atoms with Crippen LogP contribution in [0.3, 0.4) is 0 Å². The van der Waals surface area contributed by atoms with Crippen LogP contribution in [0, 0.1) is 0 Å². The fourth-order valence-corrected chi connectivity index (χ4v) is 2.71. The Balaban J connectivity index is 2.01. The largest absolute Gasteiger partial charge is 0.340 e. The molecule has 0 fully saturated rings. The van der Waals surface area contributed by atoms with Crippen LogP contribution >= 0.6 is 0 Å². The molecule has 102 valence electrons. The lowest BCUT2D eigenvalue weighted by atomic mass is 10.2. The number of aromatic nitrogens is 1. The molecule has 0 amide bonds. The average Bonchev–Trinajstić information content (AvgIpc) is 2.84. The second-order valence-corrected chi connectivity index (χ2v) is 5.16. The quantitative estimate of drug-likeness (QED) is 0.750. The first-order chi connectivity index (χ1) is 9.88. The van der Waals surface area contributed by atoms with Gasteiger partial charge in [0.25, 0.3) is 0 Å². The van der Waals surface area contributed by atoms with Crippen LogP contribution in [0.5, 0.6) is 0 Å². The zero-order valence-electron chi connectivity index (χ0n) is 11.6. The third-order valence-corrected chi connectivity index (χ3v) is 3.72. The number of hydrogen-bond donors (Lipinski definition) is 1. The Morgan fingerprint density at radius 2 is 1.65 bits per heavy atom. The summed E-state index contributed by atoms with van der Waals surface area (Å²) in [7, 11) is 0. The van der Waals surface area contributed by atoms with E-state index < -0.39 is 0 Å². The van der Waals surface area contributed by atoms with Gasteiger partial charge in [0.15, 0.2) is 0 Å². The van der Waals surface area contributed by atoms with Crippen molar-refractivity contribution in [2.24, 2.45) is 5.73 Å². The number of nitrogens with two attached hydrogens (primary N) is 1. The standard InChI is InChI=1S/C18H20N2/c19-12-6-10-17-13-16-9-4-5-11-18(16)20(17)14-15-7-2-1-3-8-15/h1-5,7-9,11,13H,6,10,12,14,19H2. The first-order valence-electron chi connectivity index (χ1n) is 7.19. The van der Waals surface area contributed by atoms with Crippen LogP contribution in [-0.4, -0.2) is 11.1 Å². The molecule has 0 saturated heterocycles. The van der Waals surface area contributed by atoms with Gasteiger partial charge in [-0.05, 0) is 42.5 Å². The second-order valence-electron chi connectivity index (χ2n) is 5.16. The van der Waals surface area contributed by atoms with E-state index in [9.17, 15) is 0 Å². The lowest BCUT2D eigenvalue weighted by molar-refractivity contribution is 0.726. The molecule has 0 spiro atoms. The van der Waals surface area contributed by atoms with Crippen LogP contribution in [0.1, 0.15) is 17.7 Å². The van der Waals surface area contributed by atoms with Gasteiger partial charge in [-0.15, -0.1) is 0 Å². The van der Waals surface area contributed by atoms with Crippen LogP contribution in [0.15, 0.2) is 60.7 Å². The van der Waals surface area contributed by atoms with Crippen molar-refractivity contribution in [2.75, 3.05) is 6.54 Å². The Kier molecular flexibility index (Phi) is 3.84. The van der Waals surface area contributed by atoms with Crippen LogP contribution in [0.2, 0.25) is 0 Å². The van der Waals surface area contributed by atoms with Gasteiger partial charge in [-0.3, -0.25) is 0 Å². The highest BCUT2D eigenvalue weighted by Gasteiger charge is 2.08. The molecule has 2 N–H and O–H groups in total. The molecule has 0 aliphatic carbocycles. The third kappa shape index (κ3) is 2.61. The molecule has 0 aliphatic heterocycles. The van der Waals surface area contributed by atoms with Crippen molar-refractivity contribution in [3.05, 3.63) is 71.9 Å². The monoisotopic (exact) mass is 264 g/mol. The lowest BCUT2D eigenvalue weighted by Gasteiger charge is -2.11. The van der Waals surface area contributed by atoms with E-state index in [2.05, 4.69) is 65.2 Å². The zero-order chi connectivity index (χ0) is 13.8. The summed E-state index contributed by atoms with van der Waals surface area (Å²) in [6.45, 7) is 1.67. The van der Waals surface area contributed by atoms with E-state index in [4.69, 9.17) is 5.73 Å². The summed E-state index contributed by atoms with van der Waals surface area (Å²) in [6.07, 6.45) is 2.07. The second kappa shape index (κ2) is 5.93. The van der Waals surface area contributed by atoms with E-state index in [1.54, 1.807) is 0 Å². The third-order valence-electron chi connectivity index (χ3n) is 3.72. The number of para-hydroxylation sites is 1. The van der Waals surface area contributed by atoms with Crippen molar-refractivity contribution < 1.29 is 0 Å². The SMILES string of the molecule is NCCCc1cc2ccccc2n1Cc1ccccc1. The van der Waals surface area contributed by atoms with E-state index >= 15 is 0 Å². The highest BCUT2D eigenvalue weighted by Crippen LogP contribution is 2.22. The highest BCUT2D eigenvalue weighted by molar-refractivity contribution is 5.81. The maximum atomic E-state index is 5.66. The predicted molar refractivity (Wildman–Crippen MR) is 84.9 cm³/mol. The Morgan fingerprint density at radius 3 is 2.45 bits per heavy atom.